The summed E-state index contributed by atoms with van der Waals surface area (Å²) in [6, 6.07) is 0. The molecule has 6 nitrogen and oxygen atoms in total. The molecule has 19 heavy (non-hydrogen) atoms. The molecule has 0 amide bonds. The van der Waals surface area contributed by atoms with Crippen molar-refractivity contribution < 1.29 is 28.6 Å². The molecule has 0 aromatic carbocycles. The van der Waals surface area contributed by atoms with Gasteiger partial charge in [-0.05, 0) is 0 Å². The molecule has 0 heterocycles. The molecule has 6 heteroatoms. The molecule has 1 unspecified atom stereocenters. The molecule has 0 saturated heterocycles. The highest BCUT2D eigenvalue weighted by molar-refractivity contribution is 5.84. The van der Waals surface area contributed by atoms with Crippen molar-refractivity contribution in [3.63, 3.8) is 0 Å². The predicted molar refractivity (Wildman–Crippen MR) is 64.4 cm³/mol. The molecule has 0 spiro atoms. The maximum absolute atomic E-state index is 11.5. The first kappa shape index (κ1) is 16.5. The van der Waals surface area contributed by atoms with Crippen LogP contribution in [-0.2, 0) is 28.6 Å². The highest BCUT2D eigenvalue weighted by atomic mass is 16.6. The largest absolute Gasteiger partial charge is 0.452 e. The van der Waals surface area contributed by atoms with Gasteiger partial charge in [-0.1, -0.05) is 18.8 Å². The van der Waals surface area contributed by atoms with E-state index in [2.05, 4.69) is 21.3 Å². The van der Waals surface area contributed by atoms with Gasteiger partial charge < -0.3 is 14.2 Å². The Balaban J connectivity index is 4.54. The van der Waals surface area contributed by atoms with E-state index in [0.717, 1.165) is 0 Å². The molecule has 0 aromatic rings. The number of carbonyl (C=O) groups excluding carboxylic acids is 3. The lowest BCUT2D eigenvalue weighted by atomic mass is 10.2. The second-order valence-electron chi connectivity index (χ2n) is 3.21. The van der Waals surface area contributed by atoms with Gasteiger partial charge in [0.2, 0.25) is 6.10 Å². The first-order valence-corrected chi connectivity index (χ1v) is 5.43. The minimum absolute atomic E-state index is 0.0539. The average molecular weight is 266 g/mol. The van der Waals surface area contributed by atoms with Crippen LogP contribution >= 0.6 is 0 Å². The Hall–Kier alpha value is -2.47. The van der Waals surface area contributed by atoms with Gasteiger partial charge in [0.1, 0.15) is 0 Å². The first-order chi connectivity index (χ1) is 9.04. The van der Waals surface area contributed by atoms with Crippen LogP contribution in [0.1, 0.15) is 19.8 Å². The average Bonchev–Trinajstić information content (AvgIpc) is 2.41. The smallest absolute Gasteiger partial charge is 0.349 e. The molecule has 1 atom stereocenters. The lowest BCUT2D eigenvalue weighted by Gasteiger charge is -2.14. The third-order valence-corrected chi connectivity index (χ3v) is 1.79. The molecule has 102 valence electrons. The van der Waals surface area contributed by atoms with Gasteiger partial charge in [0, 0.05) is 6.42 Å². The van der Waals surface area contributed by atoms with Gasteiger partial charge in [-0.25, -0.2) is 4.79 Å². The maximum Gasteiger partial charge on any atom is 0.349 e. The van der Waals surface area contributed by atoms with E-state index in [4.69, 9.17) is 17.6 Å². The van der Waals surface area contributed by atoms with Crippen LogP contribution in [0.4, 0.5) is 0 Å². The third-order valence-electron chi connectivity index (χ3n) is 1.79. The normalized spacial score (nSPS) is 10.5. The van der Waals surface area contributed by atoms with Crippen molar-refractivity contribution in [1.82, 2.24) is 0 Å². The number of esters is 3. The summed E-state index contributed by atoms with van der Waals surface area (Å²) >= 11 is 0. The lowest BCUT2D eigenvalue weighted by molar-refractivity contribution is -0.170. The van der Waals surface area contributed by atoms with E-state index in [1.807, 2.05) is 0 Å². The summed E-state index contributed by atoms with van der Waals surface area (Å²) in [4.78, 5) is 34.0. The number of rotatable bonds is 7. The van der Waals surface area contributed by atoms with Crippen molar-refractivity contribution in [3.8, 4) is 24.7 Å². The zero-order valence-electron chi connectivity index (χ0n) is 10.5. The van der Waals surface area contributed by atoms with E-state index in [1.165, 1.54) is 0 Å². The van der Waals surface area contributed by atoms with Gasteiger partial charge >= 0.3 is 17.9 Å². The number of ether oxygens (including phenoxy) is 3. The molecular formula is C13H14O6. The Morgan fingerprint density at radius 2 is 1.63 bits per heavy atom. The Morgan fingerprint density at radius 1 is 1.05 bits per heavy atom. The van der Waals surface area contributed by atoms with Gasteiger partial charge in [-0.2, -0.15) is 0 Å². The van der Waals surface area contributed by atoms with Crippen LogP contribution in [0.15, 0.2) is 0 Å². The fourth-order valence-corrected chi connectivity index (χ4v) is 0.953. The van der Waals surface area contributed by atoms with E-state index < -0.39 is 30.4 Å². The topological polar surface area (TPSA) is 78.9 Å². The van der Waals surface area contributed by atoms with E-state index in [9.17, 15) is 14.4 Å². The fraction of sp³-hybridized carbons (Fsp3) is 0.462. The van der Waals surface area contributed by atoms with E-state index in [1.54, 1.807) is 6.92 Å². The molecule has 0 bridgehead atoms. The van der Waals surface area contributed by atoms with Crippen molar-refractivity contribution in [2.75, 3.05) is 13.2 Å². The van der Waals surface area contributed by atoms with Crippen molar-refractivity contribution in [2.45, 2.75) is 25.9 Å². The van der Waals surface area contributed by atoms with Crippen LogP contribution in [0.25, 0.3) is 0 Å². The highest BCUT2D eigenvalue weighted by Gasteiger charge is 2.27. The predicted octanol–water partition coefficient (Wildman–Crippen LogP) is 0.0511. The summed E-state index contributed by atoms with van der Waals surface area (Å²) in [5, 5.41) is 0. The van der Waals surface area contributed by atoms with Crippen molar-refractivity contribution in [2.24, 2.45) is 0 Å². The molecule has 0 N–H and O–H groups in total. The second-order valence-corrected chi connectivity index (χ2v) is 3.21. The van der Waals surface area contributed by atoms with Gasteiger partial charge in [0.05, 0.1) is 6.42 Å². The maximum atomic E-state index is 11.5. The lowest BCUT2D eigenvalue weighted by Crippen LogP contribution is -2.32. The van der Waals surface area contributed by atoms with Crippen LogP contribution in [0.2, 0.25) is 0 Å². The molecule has 0 aliphatic rings. The summed E-state index contributed by atoms with van der Waals surface area (Å²) in [7, 11) is 0. The quantitative estimate of drug-likeness (QED) is 0.368. The fourth-order valence-electron chi connectivity index (χ4n) is 0.953. The standard InChI is InChI=1S/C13H14O6/c1-4-7-17-12(15)9-10(19-11(14)6-3)13(16)18-8-5-2/h1-2,10H,6-9H2,3H3. The van der Waals surface area contributed by atoms with Gasteiger partial charge in [-0.15, -0.1) is 12.8 Å². The monoisotopic (exact) mass is 266 g/mol. The van der Waals surface area contributed by atoms with Gasteiger partial charge in [0.15, 0.2) is 13.2 Å². The Labute approximate surface area is 111 Å². The zero-order valence-corrected chi connectivity index (χ0v) is 10.5. The van der Waals surface area contributed by atoms with Crippen LogP contribution in [-0.4, -0.2) is 37.2 Å². The van der Waals surface area contributed by atoms with Gasteiger partial charge in [-0.3, -0.25) is 9.59 Å². The molecule has 0 aliphatic carbocycles. The van der Waals surface area contributed by atoms with E-state index in [0.29, 0.717) is 0 Å². The van der Waals surface area contributed by atoms with Gasteiger partial charge in [0.25, 0.3) is 0 Å². The zero-order chi connectivity index (χ0) is 14.7. The second kappa shape index (κ2) is 9.55. The van der Waals surface area contributed by atoms with E-state index in [-0.39, 0.29) is 19.6 Å². The first-order valence-electron chi connectivity index (χ1n) is 5.43. The highest BCUT2D eigenvalue weighted by Crippen LogP contribution is 2.05. The summed E-state index contributed by atoms with van der Waals surface area (Å²) in [6.07, 6.45) is 8.03. The molecule has 0 aliphatic heterocycles. The van der Waals surface area contributed by atoms with Crippen LogP contribution in [0.3, 0.4) is 0 Å². The molecule has 0 fully saturated rings. The van der Waals surface area contributed by atoms with Crippen molar-refractivity contribution in [1.29, 1.82) is 0 Å². The summed E-state index contributed by atoms with van der Waals surface area (Å²) < 4.78 is 14.0. The van der Waals surface area contributed by atoms with Crippen molar-refractivity contribution >= 4 is 17.9 Å². The van der Waals surface area contributed by atoms with E-state index >= 15 is 0 Å². The number of hydrogen-bond acceptors (Lipinski definition) is 6. The van der Waals surface area contributed by atoms with Crippen LogP contribution in [0, 0.1) is 24.7 Å². The molecular weight excluding hydrogens is 252 g/mol. The Kier molecular flexibility index (Phi) is 8.31. The minimum Gasteiger partial charge on any atom is -0.452 e. The van der Waals surface area contributed by atoms with Crippen LogP contribution in [0.5, 0.6) is 0 Å². The molecule has 0 radical (unpaired) electrons. The van der Waals surface area contributed by atoms with Crippen LogP contribution < -0.4 is 0 Å². The summed E-state index contributed by atoms with van der Waals surface area (Å²) in [5.41, 5.74) is 0. The Bertz CT molecular complexity index is 412. The molecule has 0 rings (SSSR count). The number of terminal acetylenes is 2. The molecule has 0 saturated carbocycles. The minimum atomic E-state index is -1.38. The number of hydrogen-bond donors (Lipinski definition) is 0. The SMILES string of the molecule is C#CCOC(=O)CC(OC(=O)CC)C(=O)OCC#C. The summed E-state index contributed by atoms with van der Waals surface area (Å²) in [6.45, 7) is 1.04. The number of carbonyl (C=O) groups is 3. The third kappa shape index (κ3) is 7.45. The summed E-state index contributed by atoms with van der Waals surface area (Å²) in [5.74, 6) is 1.85. The molecule has 0 aromatic heterocycles. The van der Waals surface area contributed by atoms with Crippen molar-refractivity contribution in [3.05, 3.63) is 0 Å². The Morgan fingerprint density at radius 3 is 2.16 bits per heavy atom.